The Hall–Kier alpha value is -2.07. The summed E-state index contributed by atoms with van der Waals surface area (Å²) in [6.45, 7) is 19.0. The smallest absolute Gasteiger partial charge is 0.194 e. The maximum absolute atomic E-state index is 13.0. The van der Waals surface area contributed by atoms with Gasteiger partial charge < -0.3 is 0 Å². The summed E-state index contributed by atoms with van der Waals surface area (Å²) >= 11 is 1.90. The molecule has 0 spiro atoms. The second-order valence-corrected chi connectivity index (χ2v) is 8.51. The largest absolute Gasteiger partial charge is 0.204 e. The molecule has 1 heterocycles. The van der Waals surface area contributed by atoms with Gasteiger partial charge in [-0.25, -0.2) is 13.2 Å². The Bertz CT molecular complexity index is 890. The molecule has 4 heteroatoms. The molecule has 0 N–H and O–H groups in total. The topological polar surface area (TPSA) is 0 Å². The third kappa shape index (κ3) is 9.20. The number of hydrogen-bond donors (Lipinski definition) is 0. The van der Waals surface area contributed by atoms with Gasteiger partial charge in [-0.05, 0) is 77.9 Å². The normalized spacial score (nSPS) is 10.8. The van der Waals surface area contributed by atoms with Crippen molar-refractivity contribution in [3.8, 4) is 11.1 Å². The van der Waals surface area contributed by atoms with E-state index >= 15 is 0 Å². The molecule has 0 aliphatic heterocycles. The van der Waals surface area contributed by atoms with Crippen molar-refractivity contribution in [1.29, 1.82) is 0 Å². The van der Waals surface area contributed by atoms with E-state index in [-0.39, 0.29) is 0 Å². The summed E-state index contributed by atoms with van der Waals surface area (Å²) in [6, 6.07) is 11.4. The second-order valence-electron chi connectivity index (χ2n) is 7.57. The molecule has 0 saturated heterocycles. The predicted molar refractivity (Wildman–Crippen MR) is 136 cm³/mol. The minimum absolute atomic E-state index is 0.342. The molecule has 178 valence electrons. The molecular formula is C28H39F3S. The van der Waals surface area contributed by atoms with Crippen molar-refractivity contribution in [2.75, 3.05) is 0 Å². The van der Waals surface area contributed by atoms with Crippen molar-refractivity contribution in [2.24, 2.45) is 5.92 Å². The molecule has 0 radical (unpaired) electrons. The third-order valence-corrected chi connectivity index (χ3v) is 5.86. The van der Waals surface area contributed by atoms with Crippen molar-refractivity contribution in [2.45, 2.75) is 74.7 Å². The van der Waals surface area contributed by atoms with Gasteiger partial charge in [0.05, 0.1) is 0 Å². The standard InChI is InChI=1S/C13H9F3.C11H18S.2C2H6/c1-8-4-2-3-5-10(8)9-6-11(14)13(16)12(15)7-9;1-8(2)7-10(4)11-9(3)5-6-12-11;2*1-2/h2-7H,1H3;5-6,8,10H,7H2,1-4H3;2*1-2H3. The lowest BCUT2D eigenvalue weighted by Gasteiger charge is -2.12. The van der Waals surface area contributed by atoms with Gasteiger partial charge in [0, 0.05) is 4.88 Å². The zero-order chi connectivity index (χ0) is 24.8. The quantitative estimate of drug-likeness (QED) is 0.337. The molecule has 0 aliphatic rings. The van der Waals surface area contributed by atoms with Crippen LogP contribution in [0, 0.1) is 37.2 Å². The molecule has 1 unspecified atom stereocenters. The van der Waals surface area contributed by atoms with Crippen LogP contribution in [-0.2, 0) is 0 Å². The maximum atomic E-state index is 13.0. The Morgan fingerprint density at radius 1 is 0.781 bits per heavy atom. The minimum atomic E-state index is -1.43. The lowest BCUT2D eigenvalue weighted by Crippen LogP contribution is -1.97. The van der Waals surface area contributed by atoms with Crippen LogP contribution in [0.25, 0.3) is 11.1 Å². The fourth-order valence-electron chi connectivity index (χ4n) is 3.31. The van der Waals surface area contributed by atoms with Gasteiger partial charge in [-0.1, -0.05) is 72.7 Å². The molecule has 0 amide bonds. The van der Waals surface area contributed by atoms with Crippen LogP contribution in [-0.4, -0.2) is 0 Å². The van der Waals surface area contributed by atoms with Crippen LogP contribution < -0.4 is 0 Å². The maximum Gasteiger partial charge on any atom is 0.194 e. The highest BCUT2D eigenvalue weighted by atomic mass is 32.1. The van der Waals surface area contributed by atoms with E-state index < -0.39 is 17.5 Å². The van der Waals surface area contributed by atoms with Crippen molar-refractivity contribution in [3.05, 3.63) is 81.3 Å². The molecule has 0 nitrogen and oxygen atoms in total. The van der Waals surface area contributed by atoms with Crippen molar-refractivity contribution >= 4 is 11.3 Å². The van der Waals surface area contributed by atoms with Crippen LogP contribution in [0.2, 0.25) is 0 Å². The zero-order valence-electron chi connectivity index (χ0n) is 21.0. The monoisotopic (exact) mass is 464 g/mol. The third-order valence-electron chi connectivity index (χ3n) is 4.61. The number of halogens is 3. The summed E-state index contributed by atoms with van der Waals surface area (Å²) in [6.07, 6.45) is 1.31. The van der Waals surface area contributed by atoms with Gasteiger partial charge in [0.15, 0.2) is 17.5 Å². The van der Waals surface area contributed by atoms with Crippen LogP contribution >= 0.6 is 11.3 Å². The van der Waals surface area contributed by atoms with Gasteiger partial charge in [-0.15, -0.1) is 11.3 Å². The molecule has 1 aromatic heterocycles. The SMILES string of the molecule is CC.CC.Cc1ccccc1-c1cc(F)c(F)c(F)c1.Cc1ccsc1C(C)CC(C)C. The van der Waals surface area contributed by atoms with Gasteiger partial charge in [0.1, 0.15) is 0 Å². The van der Waals surface area contributed by atoms with E-state index in [2.05, 4.69) is 39.1 Å². The molecule has 3 rings (SSSR count). The highest BCUT2D eigenvalue weighted by Gasteiger charge is 2.12. The van der Waals surface area contributed by atoms with E-state index in [1.54, 1.807) is 17.0 Å². The molecule has 3 aromatic rings. The molecule has 0 aliphatic carbocycles. The molecular weight excluding hydrogens is 425 g/mol. The number of hydrogen-bond acceptors (Lipinski definition) is 1. The van der Waals surface area contributed by atoms with Crippen LogP contribution in [0.3, 0.4) is 0 Å². The van der Waals surface area contributed by atoms with E-state index in [0.29, 0.717) is 11.1 Å². The average Bonchev–Trinajstić information content (AvgIpc) is 3.21. The second kappa shape index (κ2) is 15.7. The Morgan fingerprint density at radius 3 is 1.75 bits per heavy atom. The summed E-state index contributed by atoms with van der Waals surface area (Å²) in [5, 5.41) is 2.20. The molecule has 1 atom stereocenters. The average molecular weight is 465 g/mol. The van der Waals surface area contributed by atoms with Crippen molar-refractivity contribution in [3.63, 3.8) is 0 Å². The van der Waals surface area contributed by atoms with E-state index in [1.807, 2.05) is 58.1 Å². The van der Waals surface area contributed by atoms with E-state index in [0.717, 1.165) is 29.5 Å². The van der Waals surface area contributed by atoms with Crippen LogP contribution in [0.5, 0.6) is 0 Å². The van der Waals surface area contributed by atoms with Crippen LogP contribution in [0.15, 0.2) is 47.8 Å². The first-order chi connectivity index (χ1) is 15.2. The fourth-order valence-corrected chi connectivity index (χ4v) is 4.31. The summed E-state index contributed by atoms with van der Waals surface area (Å²) in [5.74, 6) is -2.22. The first kappa shape index (κ1) is 29.9. The van der Waals surface area contributed by atoms with Gasteiger partial charge >= 0.3 is 0 Å². The van der Waals surface area contributed by atoms with Crippen LogP contribution in [0.4, 0.5) is 13.2 Å². The van der Waals surface area contributed by atoms with Gasteiger partial charge in [-0.3, -0.25) is 0 Å². The highest BCUT2D eigenvalue weighted by Crippen LogP contribution is 2.30. The Morgan fingerprint density at radius 2 is 1.31 bits per heavy atom. The molecule has 32 heavy (non-hydrogen) atoms. The number of thiophene rings is 1. The first-order valence-electron chi connectivity index (χ1n) is 11.4. The van der Waals surface area contributed by atoms with Crippen molar-refractivity contribution in [1.82, 2.24) is 0 Å². The fraction of sp³-hybridized carbons (Fsp3) is 0.429. The highest BCUT2D eigenvalue weighted by molar-refractivity contribution is 7.10. The van der Waals surface area contributed by atoms with Gasteiger partial charge in [0.25, 0.3) is 0 Å². The Kier molecular flexibility index (Phi) is 14.7. The minimum Gasteiger partial charge on any atom is -0.204 e. The summed E-state index contributed by atoms with van der Waals surface area (Å²) in [4.78, 5) is 1.57. The lowest BCUT2D eigenvalue weighted by atomic mass is 9.96. The van der Waals surface area contributed by atoms with E-state index in [1.165, 1.54) is 12.0 Å². The Balaban J connectivity index is 0.000000536. The van der Waals surface area contributed by atoms with Crippen molar-refractivity contribution < 1.29 is 13.2 Å². The summed E-state index contributed by atoms with van der Waals surface area (Å²) in [7, 11) is 0. The lowest BCUT2D eigenvalue weighted by molar-refractivity contribution is 0.447. The molecule has 0 bridgehead atoms. The number of rotatable bonds is 4. The van der Waals surface area contributed by atoms with E-state index in [9.17, 15) is 13.2 Å². The summed E-state index contributed by atoms with van der Waals surface area (Å²) in [5.41, 5.74) is 3.39. The molecule has 0 saturated carbocycles. The van der Waals surface area contributed by atoms with Gasteiger partial charge in [-0.2, -0.15) is 0 Å². The molecule has 0 fully saturated rings. The van der Waals surface area contributed by atoms with E-state index in [4.69, 9.17) is 0 Å². The van der Waals surface area contributed by atoms with Crippen LogP contribution in [0.1, 0.15) is 76.8 Å². The molecule has 2 aromatic carbocycles. The number of benzene rings is 2. The van der Waals surface area contributed by atoms with Gasteiger partial charge in [0.2, 0.25) is 0 Å². The summed E-state index contributed by atoms with van der Waals surface area (Å²) < 4.78 is 38.9. The number of aryl methyl sites for hydroxylation is 2. The Labute approximate surface area is 197 Å². The zero-order valence-corrected chi connectivity index (χ0v) is 21.8. The first-order valence-corrected chi connectivity index (χ1v) is 12.3. The predicted octanol–water partition coefficient (Wildman–Crippen LogP) is 10.3.